The summed E-state index contributed by atoms with van der Waals surface area (Å²) in [5, 5.41) is 2.68. The summed E-state index contributed by atoms with van der Waals surface area (Å²) in [5.41, 5.74) is 5.87. The number of amides is 1. The van der Waals surface area contributed by atoms with Crippen LogP contribution in [0.1, 0.15) is 23.7 Å². The molecule has 1 aromatic carbocycles. The van der Waals surface area contributed by atoms with E-state index in [1.807, 2.05) is 6.92 Å². The van der Waals surface area contributed by atoms with Crippen LogP contribution in [-0.2, 0) is 0 Å². The smallest absolute Gasteiger partial charge is 0.387 e. The van der Waals surface area contributed by atoms with Crippen molar-refractivity contribution in [3.63, 3.8) is 0 Å². The minimum Gasteiger partial charge on any atom is -0.493 e. The molecule has 0 aromatic heterocycles. The van der Waals surface area contributed by atoms with Crippen LogP contribution in [0.15, 0.2) is 18.2 Å². The average Bonchev–Trinajstić information content (AvgIpc) is 2.37. The Hall–Kier alpha value is -1.89. The SMILES string of the molecule is COc1cc(C(=O)NCCC(C)N)ccc1OC(F)F. The van der Waals surface area contributed by atoms with Crippen LogP contribution in [0.25, 0.3) is 0 Å². The second kappa shape index (κ2) is 7.64. The molecule has 1 rings (SSSR count). The van der Waals surface area contributed by atoms with Gasteiger partial charge in [0.1, 0.15) is 0 Å². The third kappa shape index (κ3) is 5.00. The molecule has 1 aromatic rings. The van der Waals surface area contributed by atoms with Gasteiger partial charge >= 0.3 is 6.61 Å². The molecule has 1 unspecified atom stereocenters. The molecule has 0 spiro atoms. The molecule has 3 N–H and O–H groups in total. The van der Waals surface area contributed by atoms with Gasteiger partial charge in [-0.15, -0.1) is 0 Å². The number of hydrogen-bond donors (Lipinski definition) is 2. The molecular formula is C13H18F2N2O3. The predicted octanol–water partition coefficient (Wildman–Crippen LogP) is 1.76. The van der Waals surface area contributed by atoms with Crippen molar-refractivity contribution in [2.75, 3.05) is 13.7 Å². The van der Waals surface area contributed by atoms with E-state index in [0.29, 0.717) is 18.5 Å². The maximum absolute atomic E-state index is 12.2. The van der Waals surface area contributed by atoms with E-state index in [-0.39, 0.29) is 23.4 Å². The Morgan fingerprint density at radius 1 is 1.40 bits per heavy atom. The van der Waals surface area contributed by atoms with Crippen molar-refractivity contribution < 1.29 is 23.0 Å². The lowest BCUT2D eigenvalue weighted by Crippen LogP contribution is -2.28. The second-order valence-corrected chi connectivity index (χ2v) is 4.27. The molecule has 20 heavy (non-hydrogen) atoms. The summed E-state index contributed by atoms with van der Waals surface area (Å²) in [6, 6.07) is 4.00. The van der Waals surface area contributed by atoms with Crippen LogP contribution in [0.2, 0.25) is 0 Å². The Balaban J connectivity index is 2.73. The Morgan fingerprint density at radius 2 is 2.10 bits per heavy atom. The molecule has 0 radical (unpaired) electrons. The first-order valence-electron chi connectivity index (χ1n) is 6.10. The normalized spacial score (nSPS) is 12.1. The number of carbonyl (C=O) groups is 1. The van der Waals surface area contributed by atoms with Gasteiger partial charge in [0.05, 0.1) is 7.11 Å². The maximum Gasteiger partial charge on any atom is 0.387 e. The summed E-state index contributed by atoms with van der Waals surface area (Å²) >= 11 is 0. The molecule has 5 nitrogen and oxygen atoms in total. The Labute approximate surface area is 116 Å². The van der Waals surface area contributed by atoms with E-state index in [4.69, 9.17) is 10.5 Å². The van der Waals surface area contributed by atoms with Crippen LogP contribution in [0.5, 0.6) is 11.5 Å². The molecule has 1 atom stereocenters. The topological polar surface area (TPSA) is 73.6 Å². The highest BCUT2D eigenvalue weighted by Crippen LogP contribution is 2.29. The number of halogens is 2. The van der Waals surface area contributed by atoms with Crippen LogP contribution in [0.3, 0.4) is 0 Å². The van der Waals surface area contributed by atoms with E-state index in [0.717, 1.165) is 0 Å². The van der Waals surface area contributed by atoms with Gasteiger partial charge < -0.3 is 20.5 Å². The largest absolute Gasteiger partial charge is 0.493 e. The number of carbonyl (C=O) groups excluding carboxylic acids is 1. The van der Waals surface area contributed by atoms with Crippen LogP contribution < -0.4 is 20.5 Å². The lowest BCUT2D eigenvalue weighted by molar-refractivity contribution is -0.0512. The number of benzene rings is 1. The number of nitrogens with one attached hydrogen (secondary N) is 1. The zero-order valence-electron chi connectivity index (χ0n) is 11.4. The molecule has 7 heteroatoms. The summed E-state index contributed by atoms with van der Waals surface area (Å²) in [5.74, 6) is -0.368. The number of nitrogens with two attached hydrogens (primary N) is 1. The van der Waals surface area contributed by atoms with Crippen LogP contribution in [-0.4, -0.2) is 32.2 Å². The summed E-state index contributed by atoms with van der Waals surface area (Å²) in [6.45, 7) is -0.672. The highest BCUT2D eigenvalue weighted by atomic mass is 19.3. The molecule has 0 fully saturated rings. The van der Waals surface area contributed by atoms with E-state index in [2.05, 4.69) is 10.1 Å². The zero-order valence-corrected chi connectivity index (χ0v) is 11.4. The van der Waals surface area contributed by atoms with Gasteiger partial charge in [-0.3, -0.25) is 4.79 Å². The number of methoxy groups -OCH3 is 1. The number of rotatable bonds is 7. The van der Waals surface area contributed by atoms with Gasteiger partial charge in [-0.1, -0.05) is 0 Å². The summed E-state index contributed by atoms with van der Waals surface area (Å²) < 4.78 is 33.5. The molecule has 0 aliphatic carbocycles. The van der Waals surface area contributed by atoms with Crippen LogP contribution >= 0.6 is 0 Å². The van der Waals surface area contributed by atoms with Gasteiger partial charge in [-0.25, -0.2) is 0 Å². The van der Waals surface area contributed by atoms with Gasteiger partial charge in [0.15, 0.2) is 11.5 Å². The van der Waals surface area contributed by atoms with Gasteiger partial charge in [0.2, 0.25) is 0 Å². The van der Waals surface area contributed by atoms with E-state index < -0.39 is 6.61 Å². The molecule has 0 saturated heterocycles. The number of ether oxygens (including phenoxy) is 2. The minimum atomic E-state index is -2.95. The predicted molar refractivity (Wildman–Crippen MR) is 70.2 cm³/mol. The molecule has 0 aliphatic heterocycles. The van der Waals surface area contributed by atoms with Crippen LogP contribution in [0.4, 0.5) is 8.78 Å². The fraction of sp³-hybridized carbons (Fsp3) is 0.462. The second-order valence-electron chi connectivity index (χ2n) is 4.27. The summed E-state index contributed by atoms with van der Waals surface area (Å²) in [4.78, 5) is 11.8. The fourth-order valence-corrected chi connectivity index (χ4v) is 1.52. The monoisotopic (exact) mass is 288 g/mol. The van der Waals surface area contributed by atoms with Gasteiger partial charge in [-0.2, -0.15) is 8.78 Å². The summed E-state index contributed by atoms with van der Waals surface area (Å²) in [7, 11) is 1.31. The van der Waals surface area contributed by atoms with Gasteiger partial charge in [0.25, 0.3) is 5.91 Å². The van der Waals surface area contributed by atoms with Crippen molar-refractivity contribution in [1.29, 1.82) is 0 Å². The van der Waals surface area contributed by atoms with E-state index >= 15 is 0 Å². The quantitative estimate of drug-likeness (QED) is 0.802. The van der Waals surface area contributed by atoms with E-state index in [9.17, 15) is 13.6 Å². The first-order valence-corrected chi connectivity index (χ1v) is 6.10. The standard InChI is InChI=1S/C13H18F2N2O3/c1-8(16)5-6-17-12(18)9-3-4-10(20-13(14)15)11(7-9)19-2/h3-4,7-8,13H,5-6,16H2,1-2H3,(H,17,18). The molecule has 0 aliphatic rings. The van der Waals surface area contributed by atoms with Crippen LogP contribution in [0, 0.1) is 0 Å². The highest BCUT2D eigenvalue weighted by molar-refractivity contribution is 5.94. The molecule has 1 amide bonds. The maximum atomic E-state index is 12.2. The molecular weight excluding hydrogens is 270 g/mol. The fourth-order valence-electron chi connectivity index (χ4n) is 1.52. The lowest BCUT2D eigenvalue weighted by Gasteiger charge is -2.12. The van der Waals surface area contributed by atoms with Crippen molar-refractivity contribution in [3.05, 3.63) is 23.8 Å². The van der Waals surface area contributed by atoms with E-state index in [1.54, 1.807) is 0 Å². The Morgan fingerprint density at radius 3 is 2.65 bits per heavy atom. The Kier molecular flexibility index (Phi) is 6.17. The minimum absolute atomic E-state index is 0.00773. The first kappa shape index (κ1) is 16.2. The van der Waals surface area contributed by atoms with Crippen molar-refractivity contribution in [3.8, 4) is 11.5 Å². The third-order valence-electron chi connectivity index (χ3n) is 2.53. The molecule has 112 valence electrons. The highest BCUT2D eigenvalue weighted by Gasteiger charge is 2.14. The van der Waals surface area contributed by atoms with Crippen molar-refractivity contribution >= 4 is 5.91 Å². The molecule has 0 saturated carbocycles. The summed E-state index contributed by atoms with van der Waals surface area (Å²) in [6.07, 6.45) is 0.648. The van der Waals surface area contributed by atoms with Gasteiger partial charge in [-0.05, 0) is 31.5 Å². The number of alkyl halides is 2. The van der Waals surface area contributed by atoms with Crippen molar-refractivity contribution in [2.45, 2.75) is 26.0 Å². The van der Waals surface area contributed by atoms with E-state index in [1.165, 1.54) is 25.3 Å². The first-order chi connectivity index (χ1) is 9.43. The molecule has 0 heterocycles. The molecule has 0 bridgehead atoms. The lowest BCUT2D eigenvalue weighted by atomic mass is 10.2. The zero-order chi connectivity index (χ0) is 15.1. The van der Waals surface area contributed by atoms with Crippen molar-refractivity contribution in [2.24, 2.45) is 5.73 Å². The van der Waals surface area contributed by atoms with Gasteiger partial charge in [0, 0.05) is 18.2 Å². The Bertz CT molecular complexity index is 453. The van der Waals surface area contributed by atoms with Crippen molar-refractivity contribution in [1.82, 2.24) is 5.32 Å². The average molecular weight is 288 g/mol. The third-order valence-corrected chi connectivity index (χ3v) is 2.53. The number of hydrogen-bond acceptors (Lipinski definition) is 4.